The maximum absolute atomic E-state index is 9.60. The number of phenolic OH excluding ortho intramolecular Hbond substituents is 1. The van der Waals surface area contributed by atoms with E-state index in [1.807, 2.05) is 22.6 Å². The minimum absolute atomic E-state index is 0.0586. The zero-order valence-corrected chi connectivity index (χ0v) is 10.7. The summed E-state index contributed by atoms with van der Waals surface area (Å²) in [5.74, 6) is 0.448. The van der Waals surface area contributed by atoms with E-state index in [2.05, 4.69) is 10.2 Å². The second kappa shape index (κ2) is 5.54. The Hall–Kier alpha value is -1.51. The van der Waals surface area contributed by atoms with Crippen molar-refractivity contribution in [2.75, 3.05) is 7.11 Å². The molecule has 0 aromatic heterocycles. The summed E-state index contributed by atoms with van der Waals surface area (Å²) >= 11 is 2.00. The van der Waals surface area contributed by atoms with Gasteiger partial charge in [0, 0.05) is 10.7 Å². The summed E-state index contributed by atoms with van der Waals surface area (Å²) in [6.07, 6.45) is 1.59. The fourth-order valence-corrected chi connectivity index (χ4v) is 1.64. The van der Waals surface area contributed by atoms with Gasteiger partial charge in [-0.05, 0) is 34.7 Å². The highest BCUT2D eigenvalue weighted by Gasteiger charge is 2.08. The molecule has 0 aliphatic carbocycles. The van der Waals surface area contributed by atoms with Crippen LogP contribution in [0.4, 0.5) is 0 Å². The van der Waals surface area contributed by atoms with Gasteiger partial charge in [-0.25, -0.2) is 0 Å². The number of ether oxygens (including phenoxy) is 1. The van der Waals surface area contributed by atoms with Crippen molar-refractivity contribution in [2.24, 2.45) is 16.6 Å². The predicted octanol–water partition coefficient (Wildman–Crippen LogP) is -1.31. The Morgan fingerprint density at radius 1 is 1.56 bits per heavy atom. The van der Waals surface area contributed by atoms with Crippen LogP contribution >= 0.6 is 22.6 Å². The third-order valence-electron chi connectivity index (χ3n) is 1.70. The SMILES string of the molecule is COc1cc(/C=[NH+]/N=C(N)N)cc(I)c1O. The first-order chi connectivity index (χ1) is 7.54. The van der Waals surface area contributed by atoms with Crippen LogP contribution in [0.3, 0.4) is 0 Å². The molecule has 6 nitrogen and oxygen atoms in total. The minimum Gasteiger partial charge on any atom is -0.504 e. The van der Waals surface area contributed by atoms with E-state index in [9.17, 15) is 5.11 Å². The number of guanidine groups is 1. The first-order valence-corrected chi connectivity index (χ1v) is 5.36. The second-order valence-corrected chi connectivity index (χ2v) is 4.03. The molecule has 0 atom stereocenters. The van der Waals surface area contributed by atoms with Gasteiger partial charge >= 0.3 is 0 Å². The van der Waals surface area contributed by atoms with Gasteiger partial charge in [0.15, 0.2) is 11.5 Å². The number of rotatable bonds is 3. The molecule has 1 rings (SSSR count). The van der Waals surface area contributed by atoms with Crippen molar-refractivity contribution in [1.82, 2.24) is 0 Å². The van der Waals surface area contributed by atoms with E-state index in [0.717, 1.165) is 5.56 Å². The molecule has 0 unspecified atom stereocenters. The maximum atomic E-state index is 9.60. The summed E-state index contributed by atoms with van der Waals surface area (Å²) in [6.45, 7) is 0. The Balaban J connectivity index is 3.03. The summed E-state index contributed by atoms with van der Waals surface area (Å²) in [6, 6.07) is 3.42. The molecular formula is C9H12IN4O2+. The third-order valence-corrected chi connectivity index (χ3v) is 2.52. The molecule has 0 spiro atoms. The van der Waals surface area contributed by atoms with Gasteiger partial charge in [-0.2, -0.15) is 0 Å². The van der Waals surface area contributed by atoms with Crippen molar-refractivity contribution >= 4 is 34.8 Å². The van der Waals surface area contributed by atoms with Crippen molar-refractivity contribution in [2.45, 2.75) is 0 Å². The van der Waals surface area contributed by atoms with E-state index in [4.69, 9.17) is 16.2 Å². The van der Waals surface area contributed by atoms with Crippen LogP contribution in [-0.4, -0.2) is 24.4 Å². The van der Waals surface area contributed by atoms with E-state index in [1.54, 1.807) is 18.3 Å². The number of halogens is 1. The lowest BCUT2D eigenvalue weighted by Gasteiger charge is -2.04. The van der Waals surface area contributed by atoms with Crippen molar-refractivity contribution < 1.29 is 14.9 Å². The summed E-state index contributed by atoms with van der Waals surface area (Å²) in [7, 11) is 1.48. The van der Waals surface area contributed by atoms with E-state index in [1.165, 1.54) is 7.11 Å². The van der Waals surface area contributed by atoms with Gasteiger partial charge in [-0.1, -0.05) is 0 Å². The van der Waals surface area contributed by atoms with Gasteiger partial charge in [0.25, 0.3) is 5.96 Å². The quantitative estimate of drug-likeness (QED) is 0.238. The standard InChI is InChI=1S/C9H11IN4O2/c1-16-7-3-5(2-6(10)8(7)15)4-13-14-9(11)12/h2-4,15H,1H3,(H4,11,12,14)/p+1/b13-4+. The Labute approximate surface area is 106 Å². The van der Waals surface area contributed by atoms with Gasteiger partial charge in [-0.3, -0.25) is 0 Å². The Bertz CT molecular complexity index is 441. The second-order valence-electron chi connectivity index (χ2n) is 2.86. The molecule has 16 heavy (non-hydrogen) atoms. The van der Waals surface area contributed by atoms with Crippen molar-refractivity contribution in [3.63, 3.8) is 0 Å². The number of phenols is 1. The van der Waals surface area contributed by atoms with Gasteiger partial charge < -0.3 is 21.3 Å². The van der Waals surface area contributed by atoms with E-state index in [-0.39, 0.29) is 11.7 Å². The molecule has 0 fully saturated rings. The molecule has 0 bridgehead atoms. The Morgan fingerprint density at radius 3 is 2.81 bits per heavy atom. The van der Waals surface area contributed by atoms with Gasteiger partial charge in [-0.15, -0.1) is 5.10 Å². The van der Waals surface area contributed by atoms with Crippen LogP contribution in [0.2, 0.25) is 0 Å². The molecule has 0 aliphatic rings. The highest BCUT2D eigenvalue weighted by Crippen LogP contribution is 2.31. The molecule has 0 saturated carbocycles. The predicted molar refractivity (Wildman–Crippen MR) is 69.3 cm³/mol. The number of nitrogens with two attached hydrogens (primary N) is 2. The molecule has 0 saturated heterocycles. The van der Waals surface area contributed by atoms with Crippen molar-refractivity contribution in [1.29, 1.82) is 0 Å². The lowest BCUT2D eigenvalue weighted by atomic mass is 10.2. The average Bonchev–Trinajstić information content (AvgIpc) is 2.22. The smallest absolute Gasteiger partial charge is 0.256 e. The first kappa shape index (κ1) is 12.6. The number of nitrogens with zero attached hydrogens (tertiary/aromatic N) is 1. The lowest BCUT2D eigenvalue weighted by Crippen LogP contribution is -2.63. The van der Waals surface area contributed by atoms with Crippen molar-refractivity contribution in [3.05, 3.63) is 21.3 Å². The molecule has 7 heteroatoms. The number of nitrogens with one attached hydrogen (secondary N) is 1. The average molecular weight is 335 g/mol. The fourth-order valence-electron chi connectivity index (χ4n) is 1.01. The van der Waals surface area contributed by atoms with Crippen LogP contribution in [0.1, 0.15) is 5.56 Å². The molecule has 1 aromatic carbocycles. The summed E-state index contributed by atoms with van der Waals surface area (Å²) in [5, 5.41) is 15.8. The van der Waals surface area contributed by atoms with Crippen LogP contribution < -0.4 is 21.3 Å². The van der Waals surface area contributed by atoms with Crippen LogP contribution in [-0.2, 0) is 0 Å². The van der Waals surface area contributed by atoms with Gasteiger partial charge in [0.1, 0.15) is 0 Å². The van der Waals surface area contributed by atoms with Gasteiger partial charge in [0.05, 0.1) is 10.7 Å². The zero-order valence-electron chi connectivity index (χ0n) is 8.57. The number of methoxy groups -OCH3 is 1. The molecule has 0 amide bonds. The molecule has 0 radical (unpaired) electrons. The maximum Gasteiger partial charge on any atom is 0.256 e. The largest absolute Gasteiger partial charge is 0.504 e. The third kappa shape index (κ3) is 3.26. The summed E-state index contributed by atoms with van der Waals surface area (Å²) in [4.78, 5) is 0. The van der Waals surface area contributed by atoms with Crippen LogP contribution in [0, 0.1) is 3.57 Å². The van der Waals surface area contributed by atoms with E-state index >= 15 is 0 Å². The first-order valence-electron chi connectivity index (χ1n) is 4.28. The highest BCUT2D eigenvalue weighted by atomic mass is 127. The molecule has 86 valence electrons. The number of hydrazone groups is 1. The number of benzene rings is 1. The summed E-state index contributed by atoms with van der Waals surface area (Å²) in [5.41, 5.74) is 11.1. The number of hydrogen-bond donors (Lipinski definition) is 4. The Kier molecular flexibility index (Phi) is 4.35. The number of aromatic hydroxyl groups is 1. The molecular weight excluding hydrogens is 323 g/mol. The lowest BCUT2D eigenvalue weighted by molar-refractivity contribution is -0.456. The van der Waals surface area contributed by atoms with Crippen LogP contribution in [0.15, 0.2) is 17.2 Å². The molecule has 6 N–H and O–H groups in total. The molecule has 0 aliphatic heterocycles. The Morgan fingerprint density at radius 2 is 2.25 bits per heavy atom. The minimum atomic E-state index is -0.0586. The molecule has 0 heterocycles. The monoisotopic (exact) mass is 335 g/mol. The van der Waals surface area contributed by atoms with Gasteiger partial charge in [0.2, 0.25) is 6.21 Å². The topological polar surface area (TPSA) is 108 Å². The van der Waals surface area contributed by atoms with Crippen LogP contribution in [0.25, 0.3) is 0 Å². The zero-order chi connectivity index (χ0) is 12.1. The number of hydrogen-bond acceptors (Lipinski definition) is 3. The van der Waals surface area contributed by atoms with Crippen LogP contribution in [0.5, 0.6) is 11.5 Å². The summed E-state index contributed by atoms with van der Waals surface area (Å²) < 4.78 is 5.68. The normalized spacial score (nSPS) is 10.4. The van der Waals surface area contributed by atoms with E-state index in [0.29, 0.717) is 9.32 Å². The fraction of sp³-hybridized carbons (Fsp3) is 0.111. The highest BCUT2D eigenvalue weighted by molar-refractivity contribution is 14.1. The van der Waals surface area contributed by atoms with Crippen molar-refractivity contribution in [3.8, 4) is 11.5 Å². The van der Waals surface area contributed by atoms with E-state index < -0.39 is 0 Å². The molecule has 1 aromatic rings.